The fraction of sp³-hybridized carbons (Fsp3) is 0.611. The number of nitrogens with zero attached hydrogens (tertiary/aromatic N) is 3. The van der Waals surface area contributed by atoms with Gasteiger partial charge in [0.15, 0.2) is 12.1 Å². The molecule has 0 saturated carbocycles. The Labute approximate surface area is 357 Å². The van der Waals surface area contributed by atoms with Gasteiger partial charge in [-0.3, -0.25) is 33.2 Å². The molecule has 3 aliphatic rings. The Balaban J connectivity index is 1.10. The number of ether oxygens (including phenoxy) is 2. The molecule has 14 N–H and O–H groups in total. The van der Waals surface area contributed by atoms with Gasteiger partial charge in [0, 0.05) is 31.0 Å². The minimum Gasteiger partial charge on any atom is -0.481 e. The highest BCUT2D eigenvalue weighted by atomic mass is 31.2. The number of hydrogen-bond acceptors (Lipinski definition) is 20. The van der Waals surface area contributed by atoms with Gasteiger partial charge in [0.2, 0.25) is 5.95 Å². The lowest BCUT2D eigenvalue weighted by Crippen LogP contribution is -2.52. The van der Waals surface area contributed by atoms with Crippen LogP contribution in [-0.2, 0) is 48.7 Å². The van der Waals surface area contributed by atoms with Crippen molar-refractivity contribution in [2.24, 2.45) is 0 Å². The number of carbonyl (C=O) groups excluding carboxylic acids is 1. The molecule has 26 nitrogen and oxygen atoms in total. The van der Waals surface area contributed by atoms with E-state index < -0.39 is 126 Å². The number of amides is 1. The van der Waals surface area contributed by atoms with Crippen molar-refractivity contribution >= 4 is 54.8 Å². The van der Waals surface area contributed by atoms with Crippen molar-refractivity contribution in [2.45, 2.75) is 119 Å². The van der Waals surface area contributed by atoms with Crippen molar-refractivity contribution < 1.29 is 88.0 Å². The lowest BCUT2D eigenvalue weighted by Gasteiger charge is -2.37. The Bertz CT molecular complexity index is 2060. The minimum atomic E-state index is -5.33. The number of rotatable bonds is 22. The van der Waals surface area contributed by atoms with Gasteiger partial charge in [0.1, 0.15) is 48.4 Å². The molecule has 2 saturated heterocycles. The summed E-state index contributed by atoms with van der Waals surface area (Å²) in [5, 5.41) is 85.4. The predicted molar refractivity (Wildman–Crippen MR) is 214 cm³/mol. The summed E-state index contributed by atoms with van der Waals surface area (Å²) in [5.74, 6) is -5.46. The van der Waals surface area contributed by atoms with Gasteiger partial charge in [0.05, 0.1) is 38.1 Å². The Morgan fingerprint density at radius 1 is 1.00 bits per heavy atom. The molecule has 2 aromatic rings. The number of aliphatic hydroxyl groups is 5. The maximum atomic E-state index is 12.8. The number of carboxylic acid groups (broad SMARTS) is 3. The maximum Gasteiger partial charge on any atom is 0.473 e. The summed E-state index contributed by atoms with van der Waals surface area (Å²) in [5.41, 5.74) is 7.19. The largest absolute Gasteiger partial charge is 0.481 e. The van der Waals surface area contributed by atoms with E-state index in [1.54, 1.807) is 12.1 Å². The van der Waals surface area contributed by atoms with Crippen molar-refractivity contribution in [3.05, 3.63) is 40.2 Å². The number of aliphatic carboxylic acids is 3. The second-order valence-electron chi connectivity index (χ2n) is 15.4. The van der Waals surface area contributed by atoms with Crippen LogP contribution >= 0.6 is 7.82 Å². The Morgan fingerprint density at radius 2 is 1.65 bits per heavy atom. The molecule has 1 aromatic heterocycles. The van der Waals surface area contributed by atoms with E-state index in [1.165, 1.54) is 0 Å². The number of carboxylic acids is 3. The van der Waals surface area contributed by atoms with Crippen molar-refractivity contribution in [2.75, 3.05) is 40.7 Å². The summed E-state index contributed by atoms with van der Waals surface area (Å²) < 4.78 is 33.1. The minimum absolute atomic E-state index is 0.000915. The molecule has 0 spiro atoms. The molecule has 0 radical (unpaired) electrons. The van der Waals surface area contributed by atoms with Crippen molar-refractivity contribution in [1.82, 2.24) is 15.3 Å². The van der Waals surface area contributed by atoms with Gasteiger partial charge >= 0.3 is 25.7 Å². The number of aliphatic hydroxyl groups excluding tert-OH is 5. The first kappa shape index (κ1) is 49.0. The molecular formula is C36H52N7O19P. The summed E-state index contributed by atoms with van der Waals surface area (Å²) in [6.45, 7) is 2.66. The number of aromatic amines is 1. The van der Waals surface area contributed by atoms with Crippen LogP contribution in [-0.4, -0.2) is 173 Å². The van der Waals surface area contributed by atoms with Crippen molar-refractivity contribution in [3.63, 3.8) is 0 Å². The van der Waals surface area contributed by atoms with Gasteiger partial charge in [-0.25, -0.2) is 9.36 Å². The zero-order valence-electron chi connectivity index (χ0n) is 33.9. The smallest absolute Gasteiger partial charge is 0.473 e. The molecular weight excluding hydrogens is 865 g/mol. The Kier molecular flexibility index (Phi) is 16.1. The van der Waals surface area contributed by atoms with Gasteiger partial charge in [0.25, 0.3) is 11.5 Å². The fourth-order valence-electron chi connectivity index (χ4n) is 7.57. The van der Waals surface area contributed by atoms with Crippen LogP contribution in [0.3, 0.4) is 0 Å². The van der Waals surface area contributed by atoms with Crippen LogP contribution in [0.2, 0.25) is 0 Å². The topological polar surface area (TPSA) is 407 Å². The molecule has 0 aliphatic carbocycles. The third kappa shape index (κ3) is 12.2. The molecule has 4 heterocycles. The van der Waals surface area contributed by atoms with Gasteiger partial charge in [-0.2, -0.15) is 4.98 Å². The van der Waals surface area contributed by atoms with Crippen LogP contribution in [0.25, 0.3) is 0 Å². The van der Waals surface area contributed by atoms with E-state index in [9.17, 15) is 64.1 Å². The highest BCUT2D eigenvalue weighted by Gasteiger charge is 2.47. The summed E-state index contributed by atoms with van der Waals surface area (Å²) in [6.07, 6.45) is -17.0. The summed E-state index contributed by atoms with van der Waals surface area (Å²) >= 11 is 0. The summed E-state index contributed by atoms with van der Waals surface area (Å²) in [4.78, 5) is 80.2. The average Bonchev–Trinajstić information content (AvgIpc) is 3.69. The van der Waals surface area contributed by atoms with E-state index in [4.69, 9.17) is 34.5 Å². The number of phosphoric acid groups is 1. The molecule has 5 rings (SSSR count). The first-order chi connectivity index (χ1) is 29.6. The number of fused-ring (bicyclic) bond motifs is 3. The molecule has 350 valence electrons. The molecule has 2 unspecified atom stereocenters. The average molecular weight is 918 g/mol. The molecule has 0 bridgehead atoms. The van der Waals surface area contributed by atoms with Crippen LogP contribution in [0.4, 0.5) is 23.1 Å². The lowest BCUT2D eigenvalue weighted by atomic mass is 9.98. The number of hydrogen-bond donors (Lipinski definition) is 13. The molecule has 27 heteroatoms. The number of anilines is 4. The van der Waals surface area contributed by atoms with Gasteiger partial charge in [-0.15, -0.1) is 0 Å². The van der Waals surface area contributed by atoms with Crippen molar-refractivity contribution in [1.29, 1.82) is 0 Å². The SMILES string of the molecule is C[C@@H]1Nc2nc(N)[nH]c(=O)c2N2CN(c3ccc(C[C@H](O)[C@H](O)[C@H](O)CO[C@H]4O[C@H](COP(=O)(O)OC(CCC(=O)O)C(=O)N[C@@H](CCC(=O)O)C(=O)O)[C@@H](O)[C@H]4O)cc3)[C@H](C)[C@@H]12. The second kappa shape index (κ2) is 20.7. The van der Waals surface area contributed by atoms with Crippen LogP contribution in [0.1, 0.15) is 45.1 Å². The van der Waals surface area contributed by atoms with Gasteiger partial charge in [-0.05, 0) is 44.4 Å². The Hall–Kier alpha value is -4.99. The Morgan fingerprint density at radius 3 is 2.29 bits per heavy atom. The zero-order valence-corrected chi connectivity index (χ0v) is 34.8. The number of nitrogen functional groups attached to an aromatic ring is 1. The first-order valence-corrected chi connectivity index (χ1v) is 21.1. The van der Waals surface area contributed by atoms with Gasteiger partial charge < -0.3 is 81.4 Å². The van der Waals surface area contributed by atoms with Crippen LogP contribution in [0.15, 0.2) is 29.1 Å². The van der Waals surface area contributed by atoms with E-state index in [1.807, 2.05) is 36.2 Å². The highest BCUT2D eigenvalue weighted by molar-refractivity contribution is 7.47. The number of carbonyl (C=O) groups is 4. The number of nitrogens with two attached hydrogens (primary N) is 1. The number of aromatic nitrogens is 2. The highest BCUT2D eigenvalue weighted by Crippen LogP contribution is 2.46. The van der Waals surface area contributed by atoms with Crippen LogP contribution in [0.5, 0.6) is 0 Å². The maximum absolute atomic E-state index is 12.8. The number of benzene rings is 1. The normalized spacial score (nSPS) is 26.3. The lowest BCUT2D eigenvalue weighted by molar-refractivity contribution is -0.192. The number of phosphoric ester groups is 1. The number of nitrogens with one attached hydrogen (secondary N) is 3. The van der Waals surface area contributed by atoms with E-state index >= 15 is 0 Å². The molecule has 13 atom stereocenters. The van der Waals surface area contributed by atoms with Crippen molar-refractivity contribution in [3.8, 4) is 0 Å². The molecule has 1 aromatic carbocycles. The zero-order chi connectivity index (χ0) is 46.5. The van der Waals surface area contributed by atoms with Crippen LogP contribution < -0.4 is 31.7 Å². The van der Waals surface area contributed by atoms with Crippen LogP contribution in [0, 0.1) is 0 Å². The van der Waals surface area contributed by atoms with Gasteiger partial charge in [-0.1, -0.05) is 12.1 Å². The number of H-pyrrole nitrogens is 1. The summed E-state index contributed by atoms with van der Waals surface area (Å²) in [7, 11) is -5.33. The van der Waals surface area contributed by atoms with E-state index in [0.717, 1.165) is 5.69 Å². The molecule has 3 aliphatic heterocycles. The van der Waals surface area contributed by atoms with E-state index in [0.29, 0.717) is 23.7 Å². The second-order valence-corrected chi connectivity index (χ2v) is 16.8. The van der Waals surface area contributed by atoms with E-state index in [-0.39, 0.29) is 36.1 Å². The fourth-order valence-corrected chi connectivity index (χ4v) is 8.49. The first-order valence-electron chi connectivity index (χ1n) is 19.6. The standard InChI is InChI=1S/C36H52N7O19P/c1-15-26-16(2)42(14-43(26)27-31(38-15)40-36(37)41-33(27)54)18-5-3-17(4-6-18)11-20(44)28(50)21(45)12-59-35-30(52)29(51)23(61-35)13-60-63(57,58)62-22(8-10-25(48)49)32(53)39-19(34(55)56)7-9-24(46)47/h3-6,15-16,19-23,26,28-30,35,44-45,50-52H,7-14H2,1-2H3,(H,39,53)(H,46,47)(H,48,49)(H,55,56)(H,57,58)(H4,37,38,40,41,54)/t15-,16+,19-,20-,21+,22?,23+,26+,28-,29+,30+,35-/m0/s1. The third-order valence-corrected chi connectivity index (χ3v) is 11.8. The molecule has 1 amide bonds. The predicted octanol–water partition coefficient (Wildman–Crippen LogP) is -2.90. The van der Waals surface area contributed by atoms with E-state index in [2.05, 4.69) is 20.2 Å². The quantitative estimate of drug-likeness (QED) is 0.0527. The third-order valence-electron chi connectivity index (χ3n) is 10.8. The summed E-state index contributed by atoms with van der Waals surface area (Å²) in [6, 6.07) is 5.12. The monoisotopic (exact) mass is 917 g/mol. The molecule has 63 heavy (non-hydrogen) atoms. The molecule has 2 fully saturated rings.